The van der Waals surface area contributed by atoms with Crippen LogP contribution in [0.3, 0.4) is 0 Å². The molecule has 0 fully saturated rings. The molecule has 3 nitrogen and oxygen atoms in total. The van der Waals surface area contributed by atoms with Gasteiger partial charge in [-0.2, -0.15) is 5.10 Å². The number of allylic oxidation sites excluding steroid dienone is 2. The number of aromatic nitrogens is 2. The lowest BCUT2D eigenvalue weighted by atomic mass is 9.65. The van der Waals surface area contributed by atoms with Gasteiger partial charge in [0.1, 0.15) is 5.82 Å². The van der Waals surface area contributed by atoms with E-state index in [1.165, 1.54) is 28.8 Å². The van der Waals surface area contributed by atoms with Crippen molar-refractivity contribution in [3.8, 4) is 5.69 Å². The largest absolute Gasteiger partial charge is 0.295 e. The average Bonchev–Trinajstić information content (AvgIpc) is 3.04. The molecule has 0 saturated carbocycles. The third-order valence-electron chi connectivity index (χ3n) is 6.62. The van der Waals surface area contributed by atoms with Crippen LogP contribution in [0.25, 0.3) is 16.6 Å². The summed E-state index contributed by atoms with van der Waals surface area (Å²) in [5.74, 6) is 0.0258. The maximum atomic E-state index is 13.3. The van der Waals surface area contributed by atoms with E-state index in [0.717, 1.165) is 48.7 Å². The molecule has 2 aliphatic rings. The summed E-state index contributed by atoms with van der Waals surface area (Å²) in [6, 6.07) is 11.0. The van der Waals surface area contributed by atoms with Gasteiger partial charge in [-0.15, -0.1) is 0 Å². The van der Waals surface area contributed by atoms with Gasteiger partial charge in [0.25, 0.3) is 0 Å². The molecule has 0 spiro atoms. The maximum Gasteiger partial charge on any atom is 0.155 e. The molecule has 2 aromatic carbocycles. The van der Waals surface area contributed by atoms with Crippen molar-refractivity contribution in [3.05, 3.63) is 71.2 Å². The third-order valence-corrected chi connectivity index (χ3v) is 6.62. The first-order valence-corrected chi connectivity index (χ1v) is 10.1. The molecule has 1 aromatic heterocycles. The second-order valence-electron chi connectivity index (χ2n) is 8.03. The molecule has 1 heterocycles. The molecule has 28 heavy (non-hydrogen) atoms. The maximum absolute atomic E-state index is 13.3. The van der Waals surface area contributed by atoms with E-state index in [9.17, 15) is 9.18 Å². The van der Waals surface area contributed by atoms with Crippen LogP contribution in [0.15, 0.2) is 54.2 Å². The number of aryl methyl sites for hydroxylation is 1. The summed E-state index contributed by atoms with van der Waals surface area (Å²) in [5.41, 5.74) is 5.94. The number of nitrogens with zero attached hydrogens (tertiary/aromatic N) is 2. The monoisotopic (exact) mass is 374 g/mol. The standard InChI is InChI=1S/C24H23FN2O/c1-2-24-11-10-21(28)14-18(24)5-3-4-16-13-23-17(12-22(16)24)15-26-27(23)20-8-6-19(25)7-9-20/h6-9,12-15H,2-5,10-11H2,1H3. The van der Waals surface area contributed by atoms with Crippen molar-refractivity contribution < 1.29 is 9.18 Å². The van der Waals surface area contributed by atoms with Crippen molar-refractivity contribution in [2.75, 3.05) is 0 Å². The van der Waals surface area contributed by atoms with Gasteiger partial charge in [-0.25, -0.2) is 9.07 Å². The average molecular weight is 374 g/mol. The Balaban J connectivity index is 1.71. The summed E-state index contributed by atoms with van der Waals surface area (Å²) in [5, 5.41) is 5.67. The van der Waals surface area contributed by atoms with E-state index in [4.69, 9.17) is 0 Å². The van der Waals surface area contributed by atoms with Crippen LogP contribution in [-0.2, 0) is 16.6 Å². The SMILES string of the molecule is CCC12CCC(=O)C=C1CCCc1cc3c(cnn3-c3ccc(F)cc3)cc12. The zero-order valence-corrected chi connectivity index (χ0v) is 16.0. The van der Waals surface area contributed by atoms with Crippen LogP contribution in [-0.4, -0.2) is 15.6 Å². The molecule has 4 heteroatoms. The van der Waals surface area contributed by atoms with Crippen LogP contribution in [0, 0.1) is 5.82 Å². The predicted molar refractivity (Wildman–Crippen MR) is 108 cm³/mol. The van der Waals surface area contributed by atoms with Crippen molar-refractivity contribution in [2.45, 2.75) is 50.9 Å². The van der Waals surface area contributed by atoms with E-state index < -0.39 is 0 Å². The Morgan fingerprint density at radius 3 is 2.75 bits per heavy atom. The number of carbonyl (C=O) groups excluding carboxylic acids is 1. The Morgan fingerprint density at radius 2 is 1.96 bits per heavy atom. The van der Waals surface area contributed by atoms with Gasteiger partial charge in [-0.3, -0.25) is 4.79 Å². The van der Waals surface area contributed by atoms with E-state index in [2.05, 4.69) is 24.2 Å². The van der Waals surface area contributed by atoms with Gasteiger partial charge >= 0.3 is 0 Å². The summed E-state index contributed by atoms with van der Waals surface area (Å²) in [4.78, 5) is 12.1. The first-order chi connectivity index (χ1) is 13.6. The van der Waals surface area contributed by atoms with E-state index in [1.807, 2.05) is 17.0 Å². The fourth-order valence-electron chi connectivity index (χ4n) is 5.14. The Labute approximate surface area is 163 Å². The quantitative estimate of drug-likeness (QED) is 0.599. The lowest BCUT2D eigenvalue weighted by Gasteiger charge is -2.38. The van der Waals surface area contributed by atoms with Crippen LogP contribution in [0.2, 0.25) is 0 Å². The molecular weight excluding hydrogens is 351 g/mol. The summed E-state index contributed by atoms with van der Waals surface area (Å²) in [6.07, 6.45) is 9.42. The number of ketones is 1. The highest BCUT2D eigenvalue weighted by atomic mass is 19.1. The van der Waals surface area contributed by atoms with E-state index in [-0.39, 0.29) is 17.0 Å². The molecule has 0 saturated heterocycles. The van der Waals surface area contributed by atoms with Crippen molar-refractivity contribution in [1.82, 2.24) is 9.78 Å². The first kappa shape index (κ1) is 17.4. The number of benzene rings is 2. The van der Waals surface area contributed by atoms with Gasteiger partial charge in [-0.1, -0.05) is 12.5 Å². The minimum Gasteiger partial charge on any atom is -0.295 e. The van der Waals surface area contributed by atoms with E-state index in [1.54, 1.807) is 12.1 Å². The third kappa shape index (κ3) is 2.55. The second-order valence-corrected chi connectivity index (χ2v) is 8.03. The number of fused-ring (bicyclic) bond motifs is 4. The van der Waals surface area contributed by atoms with Gasteiger partial charge in [0.05, 0.1) is 17.4 Å². The molecule has 1 atom stereocenters. The fourth-order valence-corrected chi connectivity index (χ4v) is 5.14. The number of rotatable bonds is 2. The molecule has 0 N–H and O–H groups in total. The molecule has 0 aliphatic heterocycles. The Kier molecular flexibility index (Phi) is 3.97. The smallest absolute Gasteiger partial charge is 0.155 e. The van der Waals surface area contributed by atoms with Crippen molar-refractivity contribution >= 4 is 16.7 Å². The van der Waals surface area contributed by atoms with Crippen LogP contribution >= 0.6 is 0 Å². The molecule has 0 bridgehead atoms. The highest BCUT2D eigenvalue weighted by molar-refractivity contribution is 5.92. The van der Waals surface area contributed by atoms with Crippen molar-refractivity contribution in [2.24, 2.45) is 0 Å². The van der Waals surface area contributed by atoms with Crippen LogP contribution in [0.5, 0.6) is 0 Å². The lowest BCUT2D eigenvalue weighted by molar-refractivity contribution is -0.115. The Morgan fingerprint density at radius 1 is 1.14 bits per heavy atom. The highest BCUT2D eigenvalue weighted by Gasteiger charge is 2.40. The molecule has 3 aromatic rings. The molecule has 2 aliphatic carbocycles. The van der Waals surface area contributed by atoms with E-state index >= 15 is 0 Å². The summed E-state index contributed by atoms with van der Waals surface area (Å²) >= 11 is 0. The normalized spacial score (nSPS) is 21.8. The second kappa shape index (κ2) is 6.40. The topological polar surface area (TPSA) is 34.9 Å². The Bertz CT molecular complexity index is 1110. The molecular formula is C24H23FN2O. The summed E-state index contributed by atoms with van der Waals surface area (Å²) in [6.45, 7) is 2.24. The van der Waals surface area contributed by atoms with Gasteiger partial charge in [0.2, 0.25) is 0 Å². The molecule has 0 radical (unpaired) electrons. The predicted octanol–water partition coefficient (Wildman–Crippen LogP) is 5.44. The minimum atomic E-state index is -0.245. The zero-order valence-electron chi connectivity index (χ0n) is 16.0. The van der Waals surface area contributed by atoms with Crippen molar-refractivity contribution in [1.29, 1.82) is 0 Å². The van der Waals surface area contributed by atoms with E-state index in [0.29, 0.717) is 6.42 Å². The van der Waals surface area contributed by atoms with Gasteiger partial charge < -0.3 is 0 Å². The number of hydrogen-bond donors (Lipinski definition) is 0. The number of hydrogen-bond acceptors (Lipinski definition) is 2. The number of carbonyl (C=O) groups is 1. The zero-order chi connectivity index (χ0) is 19.3. The summed E-state index contributed by atoms with van der Waals surface area (Å²) in [7, 11) is 0. The van der Waals surface area contributed by atoms with Gasteiger partial charge in [0, 0.05) is 17.2 Å². The van der Waals surface area contributed by atoms with Gasteiger partial charge in [-0.05, 0) is 85.7 Å². The highest BCUT2D eigenvalue weighted by Crippen LogP contribution is 2.48. The Hall–Kier alpha value is -2.75. The lowest BCUT2D eigenvalue weighted by Crippen LogP contribution is -2.32. The molecule has 5 rings (SSSR count). The minimum absolute atomic E-state index is 0.0219. The van der Waals surface area contributed by atoms with Crippen LogP contribution in [0.1, 0.15) is 50.2 Å². The number of halogens is 1. The van der Waals surface area contributed by atoms with Crippen LogP contribution < -0.4 is 0 Å². The first-order valence-electron chi connectivity index (χ1n) is 10.1. The molecule has 1 unspecified atom stereocenters. The van der Waals surface area contributed by atoms with Gasteiger partial charge in [0.15, 0.2) is 5.78 Å². The summed E-state index contributed by atoms with van der Waals surface area (Å²) < 4.78 is 15.2. The van der Waals surface area contributed by atoms with Crippen molar-refractivity contribution in [3.63, 3.8) is 0 Å². The molecule has 0 amide bonds. The fraction of sp³-hybridized carbons (Fsp3) is 0.333. The molecule has 142 valence electrons. The van der Waals surface area contributed by atoms with Crippen LogP contribution in [0.4, 0.5) is 4.39 Å².